The molecule has 0 radical (unpaired) electrons. The highest BCUT2D eigenvalue weighted by Gasteiger charge is 2.38. The van der Waals surface area contributed by atoms with Crippen molar-refractivity contribution in [1.82, 2.24) is 24.3 Å². The molecule has 4 heterocycles. The van der Waals surface area contributed by atoms with E-state index >= 15 is 0 Å². The Hall–Kier alpha value is -2.15. The Morgan fingerprint density at radius 3 is 3.00 bits per heavy atom. The highest BCUT2D eigenvalue weighted by atomic mass is 16.3. The van der Waals surface area contributed by atoms with Gasteiger partial charge in [0.2, 0.25) is 5.91 Å². The van der Waals surface area contributed by atoms with Crippen molar-refractivity contribution in [1.29, 1.82) is 0 Å². The van der Waals surface area contributed by atoms with Crippen molar-refractivity contribution in [2.24, 2.45) is 5.92 Å². The van der Waals surface area contributed by atoms with Crippen LogP contribution in [0.5, 0.6) is 0 Å². The second-order valence-corrected chi connectivity index (χ2v) is 7.49. The summed E-state index contributed by atoms with van der Waals surface area (Å²) in [6.45, 7) is 6.54. The smallest absolute Gasteiger partial charge is 0.222 e. The standard InChI is InChI=1S/C19H27N5O2/c1-15-21-17(13-26-15)12-23-9-5-18-16(11-23)3-4-19(25)24(18)8-2-7-22-10-6-20-14-22/h6,10,13-14,16,18H,2-5,7-9,11-12H2,1H3/t16-,18+/m0/s1. The number of piperidine rings is 2. The van der Waals surface area contributed by atoms with E-state index in [2.05, 4.69) is 24.3 Å². The number of hydrogen-bond donors (Lipinski definition) is 0. The molecule has 0 aliphatic carbocycles. The van der Waals surface area contributed by atoms with Crippen LogP contribution < -0.4 is 0 Å². The van der Waals surface area contributed by atoms with Crippen LogP contribution in [0.25, 0.3) is 0 Å². The lowest BCUT2D eigenvalue weighted by molar-refractivity contribution is -0.141. The van der Waals surface area contributed by atoms with Gasteiger partial charge in [0.25, 0.3) is 0 Å². The van der Waals surface area contributed by atoms with Crippen molar-refractivity contribution in [3.8, 4) is 0 Å². The van der Waals surface area contributed by atoms with Crippen molar-refractivity contribution in [2.45, 2.75) is 51.7 Å². The van der Waals surface area contributed by atoms with Crippen LogP contribution in [0.2, 0.25) is 0 Å². The average Bonchev–Trinajstić information content (AvgIpc) is 3.29. The zero-order chi connectivity index (χ0) is 17.9. The number of aromatic nitrogens is 3. The lowest BCUT2D eigenvalue weighted by atomic mass is 9.83. The maximum Gasteiger partial charge on any atom is 0.222 e. The molecule has 0 unspecified atom stereocenters. The lowest BCUT2D eigenvalue weighted by Gasteiger charge is -2.47. The van der Waals surface area contributed by atoms with Gasteiger partial charge in [0, 0.05) is 64.5 Å². The maximum atomic E-state index is 12.5. The molecule has 7 nitrogen and oxygen atoms in total. The first-order valence-corrected chi connectivity index (χ1v) is 9.57. The first-order chi connectivity index (χ1) is 12.7. The first-order valence-electron chi connectivity index (χ1n) is 9.57. The minimum atomic E-state index is 0.331. The highest BCUT2D eigenvalue weighted by Crippen LogP contribution is 2.32. The van der Waals surface area contributed by atoms with E-state index in [4.69, 9.17) is 4.42 Å². The summed E-state index contributed by atoms with van der Waals surface area (Å²) < 4.78 is 7.40. The van der Waals surface area contributed by atoms with Crippen molar-refractivity contribution >= 4 is 5.91 Å². The molecule has 26 heavy (non-hydrogen) atoms. The van der Waals surface area contributed by atoms with E-state index in [0.717, 1.165) is 63.6 Å². The summed E-state index contributed by atoms with van der Waals surface area (Å²) in [4.78, 5) is 25.6. The van der Waals surface area contributed by atoms with E-state index in [1.165, 1.54) is 0 Å². The molecule has 2 aliphatic rings. The molecule has 140 valence electrons. The van der Waals surface area contributed by atoms with E-state index in [1.807, 2.05) is 19.4 Å². The number of hydrogen-bond acceptors (Lipinski definition) is 5. The molecule has 0 spiro atoms. The monoisotopic (exact) mass is 357 g/mol. The molecule has 2 aromatic heterocycles. The van der Waals surface area contributed by atoms with Gasteiger partial charge in [-0.3, -0.25) is 9.69 Å². The van der Waals surface area contributed by atoms with E-state index in [0.29, 0.717) is 24.3 Å². The highest BCUT2D eigenvalue weighted by molar-refractivity contribution is 5.77. The number of aryl methyl sites for hydroxylation is 2. The fraction of sp³-hybridized carbons (Fsp3) is 0.632. The lowest BCUT2D eigenvalue weighted by Crippen LogP contribution is -2.56. The molecule has 4 rings (SSSR count). The predicted octanol–water partition coefficient (Wildman–Crippen LogP) is 2.08. The number of amides is 1. The molecular formula is C19H27N5O2. The number of fused-ring (bicyclic) bond motifs is 1. The molecule has 0 saturated carbocycles. The Labute approximate surface area is 154 Å². The number of nitrogens with zero attached hydrogens (tertiary/aromatic N) is 5. The molecule has 2 saturated heterocycles. The van der Waals surface area contributed by atoms with Crippen LogP contribution in [0.15, 0.2) is 29.4 Å². The molecule has 7 heteroatoms. The van der Waals surface area contributed by atoms with Crippen LogP contribution in [0, 0.1) is 12.8 Å². The van der Waals surface area contributed by atoms with Crippen molar-refractivity contribution in [3.63, 3.8) is 0 Å². The summed E-state index contributed by atoms with van der Waals surface area (Å²) >= 11 is 0. The summed E-state index contributed by atoms with van der Waals surface area (Å²) in [5, 5.41) is 0. The van der Waals surface area contributed by atoms with Crippen LogP contribution >= 0.6 is 0 Å². The van der Waals surface area contributed by atoms with E-state index in [-0.39, 0.29) is 0 Å². The Balaban J connectivity index is 1.32. The fourth-order valence-corrected chi connectivity index (χ4v) is 4.41. The molecule has 2 aliphatic heterocycles. The number of carbonyl (C=O) groups excluding carboxylic acids is 1. The number of carbonyl (C=O) groups is 1. The second-order valence-electron chi connectivity index (χ2n) is 7.49. The Bertz CT molecular complexity index is 726. The second kappa shape index (κ2) is 7.61. The normalized spacial score (nSPS) is 24.0. The third-order valence-corrected chi connectivity index (χ3v) is 5.65. The maximum absolute atomic E-state index is 12.5. The minimum absolute atomic E-state index is 0.331. The number of imidazole rings is 1. The molecule has 1 amide bonds. The predicted molar refractivity (Wildman–Crippen MR) is 96.2 cm³/mol. The largest absolute Gasteiger partial charge is 0.449 e. The van der Waals surface area contributed by atoms with Gasteiger partial charge < -0.3 is 13.9 Å². The molecular weight excluding hydrogens is 330 g/mol. The van der Waals surface area contributed by atoms with Crippen LogP contribution in [-0.4, -0.2) is 55.9 Å². The quantitative estimate of drug-likeness (QED) is 0.792. The van der Waals surface area contributed by atoms with Crippen molar-refractivity contribution in [3.05, 3.63) is 36.6 Å². The topological polar surface area (TPSA) is 67.4 Å². The Kier molecular flexibility index (Phi) is 5.06. The van der Waals surface area contributed by atoms with E-state index in [9.17, 15) is 4.79 Å². The zero-order valence-electron chi connectivity index (χ0n) is 15.4. The molecule has 2 fully saturated rings. The minimum Gasteiger partial charge on any atom is -0.449 e. The Morgan fingerprint density at radius 2 is 2.23 bits per heavy atom. The van der Waals surface area contributed by atoms with Crippen LogP contribution in [0.4, 0.5) is 0 Å². The van der Waals surface area contributed by atoms with Crippen molar-refractivity contribution < 1.29 is 9.21 Å². The summed E-state index contributed by atoms with van der Waals surface area (Å²) in [5.41, 5.74) is 1.00. The molecule has 0 bridgehead atoms. The van der Waals surface area contributed by atoms with E-state index in [1.54, 1.807) is 12.5 Å². The van der Waals surface area contributed by atoms with Gasteiger partial charge in [-0.15, -0.1) is 0 Å². The third kappa shape index (κ3) is 3.82. The first kappa shape index (κ1) is 17.3. The van der Waals surface area contributed by atoms with Gasteiger partial charge in [0.05, 0.1) is 12.0 Å². The van der Waals surface area contributed by atoms with Crippen molar-refractivity contribution in [2.75, 3.05) is 19.6 Å². The van der Waals surface area contributed by atoms with E-state index < -0.39 is 0 Å². The SMILES string of the molecule is Cc1nc(CN2CC[C@@H]3[C@@H](CCC(=O)N3CCCn3ccnc3)C2)co1. The van der Waals surface area contributed by atoms with Gasteiger partial charge >= 0.3 is 0 Å². The van der Waals surface area contributed by atoms with Gasteiger partial charge in [0.1, 0.15) is 6.26 Å². The number of oxazole rings is 1. The number of likely N-dealkylation sites (tertiary alicyclic amines) is 2. The number of rotatable bonds is 6. The van der Waals surface area contributed by atoms with Gasteiger partial charge in [0.15, 0.2) is 5.89 Å². The molecule has 0 N–H and O–H groups in total. The molecule has 2 atom stereocenters. The van der Waals surface area contributed by atoms with Gasteiger partial charge in [-0.05, 0) is 25.2 Å². The van der Waals surface area contributed by atoms with Gasteiger partial charge in [-0.1, -0.05) is 0 Å². The average molecular weight is 357 g/mol. The van der Waals surface area contributed by atoms with Gasteiger partial charge in [-0.2, -0.15) is 0 Å². The zero-order valence-corrected chi connectivity index (χ0v) is 15.4. The molecule has 0 aromatic carbocycles. The Morgan fingerprint density at radius 1 is 1.31 bits per heavy atom. The van der Waals surface area contributed by atoms with Crippen LogP contribution in [0.1, 0.15) is 37.3 Å². The fourth-order valence-electron chi connectivity index (χ4n) is 4.41. The van der Waals surface area contributed by atoms with Crippen LogP contribution in [0.3, 0.4) is 0 Å². The molecule has 2 aromatic rings. The van der Waals surface area contributed by atoms with Gasteiger partial charge in [-0.25, -0.2) is 9.97 Å². The summed E-state index contributed by atoms with van der Waals surface area (Å²) in [6.07, 6.45) is 11.1. The summed E-state index contributed by atoms with van der Waals surface area (Å²) in [7, 11) is 0. The third-order valence-electron chi connectivity index (χ3n) is 5.65. The summed E-state index contributed by atoms with van der Waals surface area (Å²) in [6, 6.07) is 0.398. The summed E-state index contributed by atoms with van der Waals surface area (Å²) in [5.74, 6) is 1.63. The van der Waals surface area contributed by atoms with Crippen LogP contribution in [-0.2, 0) is 17.9 Å².